The van der Waals surface area contributed by atoms with Crippen molar-refractivity contribution in [1.29, 1.82) is 0 Å². The smallest absolute Gasteiger partial charge is 0.326 e. The van der Waals surface area contributed by atoms with E-state index in [1.165, 1.54) is 6.42 Å². The standard InChI is InChI=1S/C15H31N3O2/c1-6-13-12-18(11-10-17(13)5)9-8-15(3,16-4)14(19)20-7-2/h13,16H,6-12H2,1-5H3. The van der Waals surface area contributed by atoms with Gasteiger partial charge in [-0.3, -0.25) is 4.79 Å². The zero-order valence-corrected chi connectivity index (χ0v) is 13.7. The van der Waals surface area contributed by atoms with Crippen molar-refractivity contribution in [2.24, 2.45) is 0 Å². The molecule has 5 heteroatoms. The summed E-state index contributed by atoms with van der Waals surface area (Å²) in [4.78, 5) is 16.9. The quantitative estimate of drug-likeness (QED) is 0.706. The number of carbonyl (C=O) groups excluding carboxylic acids is 1. The first kappa shape index (κ1) is 17.4. The van der Waals surface area contributed by atoms with Crippen LogP contribution < -0.4 is 5.32 Å². The molecule has 1 N–H and O–H groups in total. The number of hydrogen-bond donors (Lipinski definition) is 1. The maximum Gasteiger partial charge on any atom is 0.326 e. The number of esters is 1. The highest BCUT2D eigenvalue weighted by Gasteiger charge is 2.34. The third kappa shape index (κ3) is 4.43. The first-order valence-corrected chi connectivity index (χ1v) is 7.75. The molecular formula is C15H31N3O2. The van der Waals surface area contributed by atoms with Crippen LogP contribution in [0.2, 0.25) is 0 Å². The molecule has 20 heavy (non-hydrogen) atoms. The van der Waals surface area contributed by atoms with Gasteiger partial charge >= 0.3 is 5.97 Å². The predicted molar refractivity (Wildman–Crippen MR) is 81.9 cm³/mol. The third-order valence-electron chi connectivity index (χ3n) is 4.54. The Morgan fingerprint density at radius 2 is 2.10 bits per heavy atom. The average molecular weight is 285 g/mol. The lowest BCUT2D eigenvalue weighted by Crippen LogP contribution is -2.54. The number of rotatable bonds is 7. The minimum absolute atomic E-state index is 0.149. The Kier molecular flexibility index (Phi) is 6.92. The summed E-state index contributed by atoms with van der Waals surface area (Å²) in [7, 11) is 4.03. The molecule has 0 radical (unpaired) electrons. The van der Waals surface area contributed by atoms with Gasteiger partial charge in [0.15, 0.2) is 0 Å². The molecule has 0 aromatic heterocycles. The highest BCUT2D eigenvalue weighted by atomic mass is 16.5. The largest absolute Gasteiger partial charge is 0.465 e. The Morgan fingerprint density at radius 3 is 2.65 bits per heavy atom. The van der Waals surface area contributed by atoms with E-state index in [1.807, 2.05) is 20.9 Å². The van der Waals surface area contributed by atoms with Gasteiger partial charge < -0.3 is 19.9 Å². The average Bonchev–Trinajstić information content (AvgIpc) is 2.46. The Balaban J connectivity index is 2.50. The molecular weight excluding hydrogens is 254 g/mol. The molecule has 0 aliphatic carbocycles. The van der Waals surface area contributed by atoms with Gasteiger partial charge in [-0.05, 0) is 40.8 Å². The van der Waals surface area contributed by atoms with Crippen LogP contribution in [0.5, 0.6) is 0 Å². The van der Waals surface area contributed by atoms with E-state index < -0.39 is 5.54 Å². The third-order valence-corrected chi connectivity index (χ3v) is 4.54. The molecule has 0 aromatic rings. The topological polar surface area (TPSA) is 44.8 Å². The molecule has 2 unspecified atom stereocenters. The van der Waals surface area contributed by atoms with E-state index in [4.69, 9.17) is 4.74 Å². The van der Waals surface area contributed by atoms with Gasteiger partial charge in [0.05, 0.1) is 6.61 Å². The SMILES string of the molecule is CCOC(=O)C(C)(CCN1CCN(C)C(CC)C1)NC. The number of piperazine rings is 1. The Labute approximate surface area is 123 Å². The number of ether oxygens (including phenoxy) is 1. The Morgan fingerprint density at radius 1 is 1.40 bits per heavy atom. The second kappa shape index (κ2) is 7.96. The summed E-state index contributed by atoms with van der Waals surface area (Å²) in [5, 5.41) is 3.12. The number of likely N-dealkylation sites (N-methyl/N-ethyl adjacent to an activating group) is 2. The molecule has 1 rings (SSSR count). The molecule has 0 saturated carbocycles. The van der Waals surface area contributed by atoms with Gasteiger partial charge in [0.1, 0.15) is 5.54 Å². The van der Waals surface area contributed by atoms with E-state index in [0.717, 1.165) is 32.6 Å². The molecule has 0 bridgehead atoms. The summed E-state index contributed by atoms with van der Waals surface area (Å²) in [6, 6.07) is 0.632. The molecule has 0 spiro atoms. The lowest BCUT2D eigenvalue weighted by atomic mass is 9.97. The molecule has 1 fully saturated rings. The van der Waals surface area contributed by atoms with E-state index in [2.05, 4.69) is 29.1 Å². The lowest BCUT2D eigenvalue weighted by molar-refractivity contribution is -0.150. The summed E-state index contributed by atoms with van der Waals surface area (Å²) < 4.78 is 5.17. The summed E-state index contributed by atoms with van der Waals surface area (Å²) >= 11 is 0. The second-order valence-corrected chi connectivity index (χ2v) is 5.90. The predicted octanol–water partition coefficient (Wildman–Crippen LogP) is 0.944. The molecule has 1 heterocycles. The molecule has 1 saturated heterocycles. The maximum absolute atomic E-state index is 12.0. The zero-order valence-electron chi connectivity index (χ0n) is 13.7. The van der Waals surface area contributed by atoms with Crippen LogP contribution in [-0.4, -0.2) is 74.2 Å². The van der Waals surface area contributed by atoms with Crippen molar-refractivity contribution in [3.05, 3.63) is 0 Å². The fourth-order valence-corrected chi connectivity index (χ4v) is 2.66. The number of nitrogens with zero attached hydrogens (tertiary/aromatic N) is 2. The second-order valence-electron chi connectivity index (χ2n) is 5.90. The molecule has 0 amide bonds. The maximum atomic E-state index is 12.0. The van der Waals surface area contributed by atoms with Crippen LogP contribution in [0, 0.1) is 0 Å². The number of hydrogen-bond acceptors (Lipinski definition) is 5. The highest BCUT2D eigenvalue weighted by molar-refractivity contribution is 5.80. The minimum Gasteiger partial charge on any atom is -0.465 e. The zero-order chi connectivity index (χ0) is 15.2. The van der Waals surface area contributed by atoms with Crippen molar-refractivity contribution in [2.75, 3.05) is 46.9 Å². The normalized spacial score (nSPS) is 24.4. The monoisotopic (exact) mass is 285 g/mol. The van der Waals surface area contributed by atoms with Gasteiger partial charge in [-0.2, -0.15) is 0 Å². The van der Waals surface area contributed by atoms with Crippen molar-refractivity contribution in [2.45, 2.75) is 45.2 Å². The summed E-state index contributed by atoms with van der Waals surface area (Å²) in [6.45, 7) is 10.7. The number of nitrogens with one attached hydrogen (secondary N) is 1. The van der Waals surface area contributed by atoms with Gasteiger partial charge in [0, 0.05) is 32.2 Å². The van der Waals surface area contributed by atoms with Crippen molar-refractivity contribution >= 4 is 5.97 Å². The summed E-state index contributed by atoms with van der Waals surface area (Å²) in [5.41, 5.74) is -0.582. The van der Waals surface area contributed by atoms with Crippen LogP contribution in [0.3, 0.4) is 0 Å². The fourth-order valence-electron chi connectivity index (χ4n) is 2.66. The van der Waals surface area contributed by atoms with E-state index in [0.29, 0.717) is 12.6 Å². The molecule has 118 valence electrons. The fraction of sp³-hybridized carbons (Fsp3) is 0.933. The van der Waals surface area contributed by atoms with Gasteiger partial charge in [-0.1, -0.05) is 6.92 Å². The van der Waals surface area contributed by atoms with E-state index in [-0.39, 0.29) is 5.97 Å². The Hall–Kier alpha value is -0.650. The molecule has 1 aliphatic rings. The van der Waals surface area contributed by atoms with Crippen LogP contribution in [-0.2, 0) is 9.53 Å². The van der Waals surface area contributed by atoms with Crippen LogP contribution in [0.15, 0.2) is 0 Å². The first-order chi connectivity index (χ1) is 9.46. The van der Waals surface area contributed by atoms with Crippen LogP contribution >= 0.6 is 0 Å². The highest BCUT2D eigenvalue weighted by Crippen LogP contribution is 2.16. The van der Waals surface area contributed by atoms with E-state index >= 15 is 0 Å². The van der Waals surface area contributed by atoms with Crippen molar-refractivity contribution in [1.82, 2.24) is 15.1 Å². The van der Waals surface area contributed by atoms with Crippen LogP contribution in [0.1, 0.15) is 33.6 Å². The van der Waals surface area contributed by atoms with Crippen LogP contribution in [0.4, 0.5) is 0 Å². The molecule has 0 aromatic carbocycles. The van der Waals surface area contributed by atoms with Gasteiger partial charge in [-0.15, -0.1) is 0 Å². The molecule has 2 atom stereocenters. The van der Waals surface area contributed by atoms with Gasteiger partial charge in [-0.25, -0.2) is 0 Å². The van der Waals surface area contributed by atoms with Gasteiger partial charge in [0.25, 0.3) is 0 Å². The molecule has 5 nitrogen and oxygen atoms in total. The summed E-state index contributed by atoms with van der Waals surface area (Å²) in [5.74, 6) is -0.149. The van der Waals surface area contributed by atoms with Gasteiger partial charge in [0.2, 0.25) is 0 Å². The first-order valence-electron chi connectivity index (χ1n) is 7.75. The number of carbonyl (C=O) groups is 1. The van der Waals surface area contributed by atoms with Crippen molar-refractivity contribution in [3.8, 4) is 0 Å². The summed E-state index contributed by atoms with van der Waals surface area (Å²) in [6.07, 6.45) is 1.96. The lowest BCUT2D eigenvalue weighted by Gasteiger charge is -2.40. The Bertz CT molecular complexity index is 311. The van der Waals surface area contributed by atoms with Crippen LogP contribution in [0.25, 0.3) is 0 Å². The van der Waals surface area contributed by atoms with E-state index in [9.17, 15) is 4.79 Å². The molecule has 1 aliphatic heterocycles. The van der Waals surface area contributed by atoms with E-state index in [1.54, 1.807) is 0 Å². The van der Waals surface area contributed by atoms with Crippen molar-refractivity contribution < 1.29 is 9.53 Å². The minimum atomic E-state index is -0.582. The van der Waals surface area contributed by atoms with Crippen molar-refractivity contribution in [3.63, 3.8) is 0 Å².